The van der Waals surface area contributed by atoms with Gasteiger partial charge in [-0.3, -0.25) is 4.79 Å². The van der Waals surface area contributed by atoms with Crippen LogP contribution in [-0.2, 0) is 11.2 Å². The van der Waals surface area contributed by atoms with E-state index in [1.165, 1.54) is 17.7 Å². The molecule has 0 aliphatic carbocycles. The molecular formula is C20H20FN3O3S. The summed E-state index contributed by atoms with van der Waals surface area (Å²) >= 11 is 1.14. The molecule has 0 fully saturated rings. The van der Waals surface area contributed by atoms with E-state index in [-0.39, 0.29) is 28.5 Å². The Hall–Kier alpha value is -2.87. The van der Waals surface area contributed by atoms with Crippen LogP contribution in [0.15, 0.2) is 64.2 Å². The van der Waals surface area contributed by atoms with E-state index in [9.17, 15) is 9.18 Å². The van der Waals surface area contributed by atoms with Crippen molar-refractivity contribution >= 4 is 17.7 Å². The lowest BCUT2D eigenvalue weighted by Gasteiger charge is -2.11. The van der Waals surface area contributed by atoms with Crippen LogP contribution >= 0.6 is 11.8 Å². The van der Waals surface area contributed by atoms with E-state index in [2.05, 4.69) is 15.5 Å². The molecule has 0 aliphatic heterocycles. The van der Waals surface area contributed by atoms with Crippen molar-refractivity contribution < 1.29 is 18.3 Å². The normalized spacial score (nSPS) is 11.8. The molecule has 0 aliphatic rings. The number of ether oxygens (including phenoxy) is 1. The standard InChI is InChI=1S/C20H20FN3O3S/c1-14(26-17-10-6-5-9-16(17)21)19-23-24-20(27-19)28-13-18(25)22-12-11-15-7-3-2-4-8-15/h2-10,14H,11-13H2,1H3,(H,22,25)/t14-/m0/s1. The number of carbonyl (C=O) groups is 1. The average molecular weight is 401 g/mol. The van der Waals surface area contributed by atoms with Gasteiger partial charge in [-0.25, -0.2) is 4.39 Å². The highest BCUT2D eigenvalue weighted by Gasteiger charge is 2.18. The maximum absolute atomic E-state index is 13.7. The van der Waals surface area contributed by atoms with Crippen molar-refractivity contribution in [1.82, 2.24) is 15.5 Å². The van der Waals surface area contributed by atoms with Gasteiger partial charge in [0.1, 0.15) is 0 Å². The Morgan fingerprint density at radius 3 is 2.71 bits per heavy atom. The number of aromatic nitrogens is 2. The summed E-state index contributed by atoms with van der Waals surface area (Å²) in [5.41, 5.74) is 1.17. The lowest BCUT2D eigenvalue weighted by molar-refractivity contribution is -0.118. The van der Waals surface area contributed by atoms with Crippen LogP contribution in [0.4, 0.5) is 4.39 Å². The molecule has 28 heavy (non-hydrogen) atoms. The first-order valence-electron chi connectivity index (χ1n) is 8.80. The fourth-order valence-electron chi connectivity index (χ4n) is 2.39. The van der Waals surface area contributed by atoms with Crippen LogP contribution in [0.1, 0.15) is 24.5 Å². The van der Waals surface area contributed by atoms with Gasteiger partial charge in [-0.05, 0) is 31.0 Å². The first-order valence-corrected chi connectivity index (χ1v) is 9.78. The smallest absolute Gasteiger partial charge is 0.277 e. The molecule has 3 aromatic rings. The summed E-state index contributed by atoms with van der Waals surface area (Å²) in [5, 5.41) is 10.9. The molecule has 0 bridgehead atoms. The van der Waals surface area contributed by atoms with Crippen LogP contribution < -0.4 is 10.1 Å². The van der Waals surface area contributed by atoms with Crippen LogP contribution in [0.5, 0.6) is 5.75 Å². The summed E-state index contributed by atoms with van der Waals surface area (Å²) in [6.07, 6.45) is 0.158. The maximum Gasteiger partial charge on any atom is 0.277 e. The van der Waals surface area contributed by atoms with Crippen LogP contribution in [0.2, 0.25) is 0 Å². The van der Waals surface area contributed by atoms with E-state index < -0.39 is 11.9 Å². The molecule has 0 saturated heterocycles. The maximum atomic E-state index is 13.7. The number of hydrogen-bond donors (Lipinski definition) is 1. The zero-order chi connectivity index (χ0) is 19.8. The lowest BCUT2D eigenvalue weighted by atomic mass is 10.1. The monoisotopic (exact) mass is 401 g/mol. The molecule has 1 atom stereocenters. The number of rotatable bonds is 9. The molecule has 2 aromatic carbocycles. The minimum Gasteiger partial charge on any atom is -0.478 e. The van der Waals surface area contributed by atoms with E-state index >= 15 is 0 Å². The zero-order valence-electron chi connectivity index (χ0n) is 15.3. The van der Waals surface area contributed by atoms with Crippen molar-refractivity contribution in [3.05, 3.63) is 71.9 Å². The Kier molecular flexibility index (Phi) is 7.02. The largest absolute Gasteiger partial charge is 0.478 e. The van der Waals surface area contributed by atoms with Crippen LogP contribution in [-0.4, -0.2) is 28.4 Å². The molecule has 0 unspecified atom stereocenters. The Labute approximate surface area is 166 Å². The summed E-state index contributed by atoms with van der Waals surface area (Å²) in [5.74, 6) is -0.0821. The minimum absolute atomic E-state index is 0.111. The lowest BCUT2D eigenvalue weighted by Crippen LogP contribution is -2.27. The third-order valence-electron chi connectivity index (χ3n) is 3.82. The molecule has 0 radical (unpaired) electrons. The van der Waals surface area contributed by atoms with Crippen molar-refractivity contribution in [3.8, 4) is 5.75 Å². The number of nitrogens with zero attached hydrogens (tertiary/aromatic N) is 2. The predicted octanol–water partition coefficient (Wildman–Crippen LogP) is 3.80. The minimum atomic E-state index is -0.613. The Bertz CT molecular complexity index is 904. The van der Waals surface area contributed by atoms with Crippen LogP contribution in [0, 0.1) is 5.82 Å². The second-order valence-corrected chi connectivity index (χ2v) is 6.90. The number of thioether (sulfide) groups is 1. The average Bonchev–Trinajstić information content (AvgIpc) is 3.18. The van der Waals surface area contributed by atoms with E-state index in [0.29, 0.717) is 6.54 Å². The zero-order valence-corrected chi connectivity index (χ0v) is 16.1. The first-order chi connectivity index (χ1) is 13.6. The number of halogens is 1. The van der Waals surface area contributed by atoms with Gasteiger partial charge in [0, 0.05) is 6.54 Å². The topological polar surface area (TPSA) is 77.2 Å². The second kappa shape index (κ2) is 9.89. The fraction of sp³-hybridized carbons (Fsp3) is 0.250. The van der Waals surface area contributed by atoms with Crippen LogP contribution in [0.25, 0.3) is 0 Å². The number of carbonyl (C=O) groups excluding carboxylic acids is 1. The Morgan fingerprint density at radius 2 is 1.93 bits per heavy atom. The van der Waals surface area contributed by atoms with Crippen molar-refractivity contribution in [2.75, 3.05) is 12.3 Å². The van der Waals surface area contributed by atoms with E-state index in [1.54, 1.807) is 19.1 Å². The molecule has 8 heteroatoms. The highest BCUT2D eigenvalue weighted by Crippen LogP contribution is 2.25. The van der Waals surface area contributed by atoms with Gasteiger partial charge in [-0.1, -0.05) is 54.2 Å². The first kappa shape index (κ1) is 19.9. The summed E-state index contributed by atoms with van der Waals surface area (Å²) in [4.78, 5) is 11.9. The molecule has 0 saturated carbocycles. The number of nitrogens with one attached hydrogen (secondary N) is 1. The fourth-order valence-corrected chi connectivity index (χ4v) is 2.99. The molecule has 1 amide bonds. The third kappa shape index (κ3) is 5.82. The highest BCUT2D eigenvalue weighted by atomic mass is 32.2. The van der Waals surface area contributed by atoms with E-state index in [4.69, 9.17) is 9.15 Å². The molecule has 0 spiro atoms. The number of para-hydroxylation sites is 1. The van der Waals surface area contributed by atoms with E-state index in [1.807, 2.05) is 30.3 Å². The number of amides is 1. The third-order valence-corrected chi connectivity index (χ3v) is 4.63. The van der Waals surface area contributed by atoms with Gasteiger partial charge < -0.3 is 14.5 Å². The van der Waals surface area contributed by atoms with Crippen molar-refractivity contribution in [2.45, 2.75) is 24.7 Å². The Balaban J connectivity index is 1.42. The molecule has 1 heterocycles. The second-order valence-electron chi connectivity index (χ2n) is 5.97. The summed E-state index contributed by atoms with van der Waals surface area (Å²) < 4.78 is 24.7. The van der Waals surface area contributed by atoms with Crippen molar-refractivity contribution in [3.63, 3.8) is 0 Å². The van der Waals surface area contributed by atoms with Crippen molar-refractivity contribution in [2.24, 2.45) is 0 Å². The van der Waals surface area contributed by atoms with Gasteiger partial charge in [-0.15, -0.1) is 10.2 Å². The van der Waals surface area contributed by atoms with Gasteiger partial charge in [0.25, 0.3) is 11.1 Å². The van der Waals surface area contributed by atoms with E-state index in [0.717, 1.165) is 18.2 Å². The summed E-state index contributed by atoms with van der Waals surface area (Å²) in [6, 6.07) is 16.0. The SMILES string of the molecule is C[C@H](Oc1ccccc1F)c1nnc(SCC(=O)NCCc2ccccc2)o1. The molecule has 146 valence electrons. The van der Waals surface area contributed by atoms with Crippen molar-refractivity contribution in [1.29, 1.82) is 0 Å². The molecule has 1 N–H and O–H groups in total. The summed E-state index contributed by atoms with van der Waals surface area (Å²) in [6.45, 7) is 2.25. The van der Waals surface area contributed by atoms with Gasteiger partial charge >= 0.3 is 0 Å². The van der Waals surface area contributed by atoms with Gasteiger partial charge in [0.05, 0.1) is 5.75 Å². The quantitative estimate of drug-likeness (QED) is 0.550. The van der Waals surface area contributed by atoms with Gasteiger partial charge in [-0.2, -0.15) is 0 Å². The molecule has 6 nitrogen and oxygen atoms in total. The van der Waals surface area contributed by atoms with Crippen LogP contribution in [0.3, 0.4) is 0 Å². The van der Waals surface area contributed by atoms with Gasteiger partial charge in [0.2, 0.25) is 5.91 Å². The number of hydrogen-bond acceptors (Lipinski definition) is 6. The highest BCUT2D eigenvalue weighted by molar-refractivity contribution is 7.99. The molecular weight excluding hydrogens is 381 g/mol. The molecule has 3 rings (SSSR count). The Morgan fingerprint density at radius 1 is 1.18 bits per heavy atom. The van der Waals surface area contributed by atoms with Gasteiger partial charge in [0.15, 0.2) is 17.7 Å². The predicted molar refractivity (Wildman–Crippen MR) is 104 cm³/mol. The summed E-state index contributed by atoms with van der Waals surface area (Å²) in [7, 11) is 0. The molecule has 1 aromatic heterocycles. The number of benzene rings is 2.